The summed E-state index contributed by atoms with van der Waals surface area (Å²) in [5.41, 5.74) is 0.140. The van der Waals surface area contributed by atoms with E-state index in [-0.39, 0.29) is 22.1 Å². The first-order valence-electron chi connectivity index (χ1n) is 8.00. The summed E-state index contributed by atoms with van der Waals surface area (Å²) in [7, 11) is -1.87. The summed E-state index contributed by atoms with van der Waals surface area (Å²) in [6.07, 6.45) is 0. The Bertz CT molecular complexity index is 916. The normalized spacial score (nSPS) is 11.0. The highest BCUT2D eigenvalue weighted by Gasteiger charge is 2.30. The number of esters is 1. The topological polar surface area (TPSA) is 82.1 Å². The molecule has 0 radical (unpaired) electrons. The number of carbonyl (C=O) groups excluding carboxylic acids is 1. The molecule has 9 heteroatoms. The molecule has 0 N–H and O–H groups in total. The van der Waals surface area contributed by atoms with Crippen LogP contribution in [0.15, 0.2) is 47.4 Å². The molecule has 2 rings (SSSR count). The van der Waals surface area contributed by atoms with E-state index >= 15 is 0 Å². The van der Waals surface area contributed by atoms with Gasteiger partial charge in [0.05, 0.1) is 31.4 Å². The Morgan fingerprint density at radius 2 is 1.81 bits per heavy atom. The molecule has 0 bridgehead atoms. The molecule has 0 atom stereocenters. The van der Waals surface area contributed by atoms with Crippen molar-refractivity contribution in [3.63, 3.8) is 0 Å². The third kappa shape index (κ3) is 4.48. The van der Waals surface area contributed by atoms with E-state index in [1.54, 1.807) is 25.1 Å². The number of anilines is 1. The quantitative estimate of drug-likeness (QED) is 0.637. The van der Waals surface area contributed by atoms with Crippen molar-refractivity contribution in [2.75, 3.05) is 31.7 Å². The molecule has 0 spiro atoms. The van der Waals surface area contributed by atoms with Crippen molar-refractivity contribution in [3.05, 3.63) is 48.3 Å². The number of ether oxygens (including phenoxy) is 3. The first-order chi connectivity index (χ1) is 12.8. The molecule has 0 saturated carbocycles. The molecular weight excluding hydrogens is 377 g/mol. The number of hydrogen-bond acceptors (Lipinski definition) is 6. The fourth-order valence-corrected chi connectivity index (χ4v) is 3.79. The van der Waals surface area contributed by atoms with E-state index in [9.17, 15) is 17.6 Å². The summed E-state index contributed by atoms with van der Waals surface area (Å²) in [6, 6.07) is 9.58. The van der Waals surface area contributed by atoms with Crippen molar-refractivity contribution in [1.82, 2.24) is 0 Å². The highest BCUT2D eigenvalue weighted by atomic mass is 32.2. The number of rotatable bonds is 8. The molecule has 0 aliphatic heterocycles. The van der Waals surface area contributed by atoms with Crippen molar-refractivity contribution in [3.8, 4) is 11.5 Å². The van der Waals surface area contributed by atoms with E-state index in [1.807, 2.05) is 0 Å². The van der Waals surface area contributed by atoms with E-state index in [0.717, 1.165) is 17.5 Å². The second-order valence-corrected chi connectivity index (χ2v) is 7.15. The lowest BCUT2D eigenvalue weighted by Gasteiger charge is -2.25. The van der Waals surface area contributed by atoms with Crippen LogP contribution in [-0.4, -0.2) is 41.8 Å². The van der Waals surface area contributed by atoms with Gasteiger partial charge in [-0.05, 0) is 37.3 Å². The maximum absolute atomic E-state index is 14.1. The molecule has 0 fully saturated rings. The van der Waals surface area contributed by atoms with E-state index in [2.05, 4.69) is 4.74 Å². The van der Waals surface area contributed by atoms with Crippen LogP contribution >= 0.6 is 0 Å². The number of hydrogen-bond donors (Lipinski definition) is 0. The lowest BCUT2D eigenvalue weighted by atomic mass is 10.3. The van der Waals surface area contributed by atoms with Crippen LogP contribution < -0.4 is 13.8 Å². The summed E-state index contributed by atoms with van der Waals surface area (Å²) in [4.78, 5) is 11.5. The van der Waals surface area contributed by atoms with Gasteiger partial charge in [0, 0.05) is 0 Å². The van der Waals surface area contributed by atoms with Crippen LogP contribution in [0.4, 0.5) is 10.1 Å². The summed E-state index contributed by atoms with van der Waals surface area (Å²) >= 11 is 0. The van der Waals surface area contributed by atoms with E-state index in [0.29, 0.717) is 6.61 Å². The van der Waals surface area contributed by atoms with Gasteiger partial charge in [-0.2, -0.15) is 0 Å². The average Bonchev–Trinajstić information content (AvgIpc) is 2.66. The van der Waals surface area contributed by atoms with Crippen LogP contribution in [0, 0.1) is 5.82 Å². The standard InChI is InChI=1S/C18H20FNO6S/c1-4-26-17-8-6-5-7-15(17)20(12-18(21)25-3)27(22,23)13-9-10-16(24-2)14(19)11-13/h5-11H,4,12H2,1-3H3. The lowest BCUT2D eigenvalue weighted by Crippen LogP contribution is -2.36. The lowest BCUT2D eigenvalue weighted by molar-refractivity contribution is -0.138. The molecule has 0 aliphatic rings. The molecule has 0 amide bonds. The summed E-state index contributed by atoms with van der Waals surface area (Å²) in [6.45, 7) is 1.44. The molecule has 2 aromatic carbocycles. The number of carbonyl (C=O) groups is 1. The van der Waals surface area contributed by atoms with Crippen molar-refractivity contribution in [2.45, 2.75) is 11.8 Å². The highest BCUT2D eigenvalue weighted by molar-refractivity contribution is 7.92. The second kappa shape index (κ2) is 8.72. The molecule has 2 aromatic rings. The first kappa shape index (κ1) is 20.5. The van der Waals surface area contributed by atoms with Gasteiger partial charge in [-0.15, -0.1) is 0 Å². The molecule has 0 unspecified atom stereocenters. The Labute approximate surface area is 157 Å². The molecule has 27 heavy (non-hydrogen) atoms. The van der Waals surface area contributed by atoms with E-state index in [4.69, 9.17) is 9.47 Å². The largest absolute Gasteiger partial charge is 0.494 e. The Hall–Kier alpha value is -2.81. The summed E-state index contributed by atoms with van der Waals surface area (Å²) < 4.78 is 56.1. The van der Waals surface area contributed by atoms with Crippen molar-refractivity contribution in [2.24, 2.45) is 0 Å². The van der Waals surface area contributed by atoms with Crippen LogP contribution in [0.3, 0.4) is 0 Å². The third-order valence-electron chi connectivity index (χ3n) is 3.65. The fourth-order valence-electron chi connectivity index (χ4n) is 2.36. The van der Waals surface area contributed by atoms with Gasteiger partial charge >= 0.3 is 5.97 Å². The monoisotopic (exact) mass is 397 g/mol. The van der Waals surface area contributed by atoms with Crippen molar-refractivity contribution in [1.29, 1.82) is 0 Å². The Balaban J connectivity index is 2.60. The van der Waals surface area contributed by atoms with Crippen molar-refractivity contribution >= 4 is 21.7 Å². The van der Waals surface area contributed by atoms with E-state index < -0.39 is 28.4 Å². The predicted molar refractivity (Wildman–Crippen MR) is 97.1 cm³/mol. The number of methoxy groups -OCH3 is 2. The fraction of sp³-hybridized carbons (Fsp3) is 0.278. The van der Waals surface area contributed by atoms with Gasteiger partial charge in [0.15, 0.2) is 11.6 Å². The van der Waals surface area contributed by atoms with Crippen LogP contribution in [0.2, 0.25) is 0 Å². The minimum absolute atomic E-state index is 0.0943. The maximum atomic E-state index is 14.1. The van der Waals surface area contributed by atoms with Gasteiger partial charge in [-0.1, -0.05) is 12.1 Å². The van der Waals surface area contributed by atoms with Gasteiger partial charge in [0.25, 0.3) is 10.0 Å². The molecule has 0 aliphatic carbocycles. The second-order valence-electron chi connectivity index (χ2n) is 5.28. The van der Waals surface area contributed by atoms with Crippen LogP contribution in [0.25, 0.3) is 0 Å². The first-order valence-corrected chi connectivity index (χ1v) is 9.44. The number of nitrogens with zero attached hydrogens (tertiary/aromatic N) is 1. The smallest absolute Gasteiger partial charge is 0.326 e. The predicted octanol–water partition coefficient (Wildman–Crippen LogP) is 2.60. The van der Waals surface area contributed by atoms with Gasteiger partial charge in [-0.3, -0.25) is 9.10 Å². The minimum Gasteiger partial charge on any atom is -0.494 e. The minimum atomic E-state index is -4.29. The summed E-state index contributed by atoms with van der Waals surface area (Å²) in [5, 5.41) is 0. The van der Waals surface area contributed by atoms with Crippen LogP contribution in [0.1, 0.15) is 6.92 Å². The zero-order chi connectivity index (χ0) is 20.0. The van der Waals surface area contributed by atoms with Gasteiger partial charge in [-0.25, -0.2) is 12.8 Å². The Kier molecular flexibility index (Phi) is 6.62. The SMILES string of the molecule is CCOc1ccccc1N(CC(=O)OC)S(=O)(=O)c1ccc(OC)c(F)c1. The highest BCUT2D eigenvalue weighted by Crippen LogP contribution is 2.33. The van der Waals surface area contributed by atoms with Crippen LogP contribution in [-0.2, 0) is 19.6 Å². The number of para-hydroxylation sites is 2. The Morgan fingerprint density at radius 3 is 2.41 bits per heavy atom. The van der Waals surface area contributed by atoms with Gasteiger partial charge in [0.2, 0.25) is 0 Å². The molecular formula is C18H20FNO6S. The van der Waals surface area contributed by atoms with Crippen molar-refractivity contribution < 1.29 is 31.8 Å². The molecule has 0 saturated heterocycles. The zero-order valence-electron chi connectivity index (χ0n) is 15.1. The molecule has 7 nitrogen and oxygen atoms in total. The number of sulfonamides is 1. The van der Waals surface area contributed by atoms with Gasteiger partial charge < -0.3 is 14.2 Å². The zero-order valence-corrected chi connectivity index (χ0v) is 16.0. The Morgan fingerprint density at radius 1 is 1.11 bits per heavy atom. The number of benzene rings is 2. The number of halogens is 1. The maximum Gasteiger partial charge on any atom is 0.326 e. The van der Waals surface area contributed by atoms with Gasteiger partial charge in [0.1, 0.15) is 12.3 Å². The van der Waals surface area contributed by atoms with E-state index in [1.165, 1.54) is 25.3 Å². The average molecular weight is 397 g/mol. The molecule has 0 aromatic heterocycles. The molecule has 146 valence electrons. The molecule has 0 heterocycles. The van der Waals surface area contributed by atoms with Crippen LogP contribution in [0.5, 0.6) is 11.5 Å². The summed E-state index contributed by atoms with van der Waals surface area (Å²) in [5.74, 6) is -1.45. The third-order valence-corrected chi connectivity index (χ3v) is 5.40.